The van der Waals surface area contributed by atoms with Crippen LogP contribution in [-0.2, 0) is 0 Å². The number of pyridine rings is 2. The molecule has 2 N–H and O–H groups in total. The minimum atomic E-state index is -1.18. The lowest BCUT2D eigenvalue weighted by molar-refractivity contribution is 0.190. The van der Waals surface area contributed by atoms with Gasteiger partial charge in [-0.2, -0.15) is 10.4 Å². The second-order valence-corrected chi connectivity index (χ2v) is 7.12. The molecule has 4 heterocycles. The Hall–Kier alpha value is -4.49. The first-order chi connectivity index (χ1) is 15.5. The second-order valence-electron chi connectivity index (χ2n) is 7.12. The van der Waals surface area contributed by atoms with E-state index >= 15 is 0 Å². The summed E-state index contributed by atoms with van der Waals surface area (Å²) in [5.74, 6) is 1.23. The minimum Gasteiger partial charge on any atom is -0.492 e. The zero-order valence-corrected chi connectivity index (χ0v) is 17.1. The van der Waals surface area contributed by atoms with Gasteiger partial charge in [-0.3, -0.25) is 0 Å². The Kier molecular flexibility index (Phi) is 5.65. The first-order valence-corrected chi connectivity index (χ1v) is 9.83. The maximum atomic E-state index is 11.0. The third-order valence-corrected chi connectivity index (χ3v) is 5.20. The molecule has 1 aliphatic rings. The summed E-state index contributed by atoms with van der Waals surface area (Å²) in [7, 11) is 0. The number of carbonyl (C=O) groups is 1. The lowest BCUT2D eigenvalue weighted by atomic mass is 10.1. The van der Waals surface area contributed by atoms with Crippen molar-refractivity contribution in [3.05, 3.63) is 52.8 Å². The summed E-state index contributed by atoms with van der Waals surface area (Å²) in [6.45, 7) is 3.04. The van der Waals surface area contributed by atoms with Crippen molar-refractivity contribution in [1.29, 1.82) is 5.26 Å². The average Bonchev–Trinajstić information content (AvgIpc) is 3.37. The Morgan fingerprint density at radius 3 is 2.97 bits per heavy atom. The summed E-state index contributed by atoms with van der Waals surface area (Å²) in [5, 5.41) is 28.8. The van der Waals surface area contributed by atoms with Crippen LogP contribution in [0.2, 0.25) is 0 Å². The molecular formula is C20H19N9O3. The number of carboxylic acid groups (broad SMARTS) is 1. The molecule has 32 heavy (non-hydrogen) atoms. The Morgan fingerprint density at radius 2 is 2.31 bits per heavy atom. The Labute approximate surface area is 182 Å². The number of ether oxygens (including phenoxy) is 1. The number of hydrogen-bond donors (Lipinski definition) is 2. The molecule has 3 aromatic heterocycles. The number of azide groups is 1. The van der Waals surface area contributed by atoms with Gasteiger partial charge in [0, 0.05) is 35.3 Å². The molecule has 0 unspecified atom stereocenters. The molecule has 0 saturated carbocycles. The molecule has 3 aromatic rings. The van der Waals surface area contributed by atoms with E-state index < -0.39 is 18.2 Å². The van der Waals surface area contributed by atoms with Crippen LogP contribution in [0.5, 0.6) is 5.75 Å². The largest absolute Gasteiger partial charge is 0.492 e. The molecule has 1 amide bonds. The molecule has 12 heteroatoms. The summed E-state index contributed by atoms with van der Waals surface area (Å²) in [6, 6.07) is 6.60. The number of nitrogens with zero attached hydrogens (tertiary/aromatic N) is 8. The lowest BCUT2D eigenvalue weighted by Gasteiger charge is -2.18. The highest BCUT2D eigenvalue weighted by Gasteiger charge is 2.34. The van der Waals surface area contributed by atoms with Gasteiger partial charge in [0.15, 0.2) is 0 Å². The van der Waals surface area contributed by atoms with Gasteiger partial charge in [0.05, 0.1) is 42.2 Å². The standard InChI is InChI=1S/C20H19N9O3/c1-2-32-14-5-15(19-13(6-21)8-24-29(19)9-14)12-3-4-18(23-7-12)28-10-16(25-20(30)31)17(11-28)26-27-22/h3-5,7-9,16-17,25H,2,10-11H2,1H3,(H,30,31)/t16-,17-/m0/s1. The van der Waals surface area contributed by atoms with Crippen molar-refractivity contribution in [2.75, 3.05) is 24.6 Å². The zero-order chi connectivity index (χ0) is 22.7. The van der Waals surface area contributed by atoms with E-state index in [4.69, 9.17) is 15.4 Å². The smallest absolute Gasteiger partial charge is 0.404 e. The molecule has 2 atom stereocenters. The third-order valence-electron chi connectivity index (χ3n) is 5.20. The van der Waals surface area contributed by atoms with Gasteiger partial charge in [0.25, 0.3) is 0 Å². The van der Waals surface area contributed by atoms with Crippen LogP contribution in [0.25, 0.3) is 27.1 Å². The number of aromatic nitrogens is 3. The van der Waals surface area contributed by atoms with Gasteiger partial charge < -0.3 is 20.1 Å². The summed E-state index contributed by atoms with van der Waals surface area (Å²) in [5.41, 5.74) is 11.4. The molecule has 12 nitrogen and oxygen atoms in total. The maximum absolute atomic E-state index is 11.0. The fraction of sp³-hybridized carbons (Fsp3) is 0.300. The molecule has 0 aliphatic carbocycles. The zero-order valence-electron chi connectivity index (χ0n) is 17.1. The highest BCUT2D eigenvalue weighted by Crippen LogP contribution is 2.31. The lowest BCUT2D eigenvalue weighted by Crippen LogP contribution is -2.41. The van der Waals surface area contributed by atoms with Gasteiger partial charge in [-0.15, -0.1) is 0 Å². The quantitative estimate of drug-likeness (QED) is 0.343. The number of amides is 1. The van der Waals surface area contributed by atoms with E-state index in [1.807, 2.05) is 24.0 Å². The minimum absolute atomic E-state index is 0.327. The monoisotopic (exact) mass is 433 g/mol. The second kappa shape index (κ2) is 8.71. The molecule has 1 saturated heterocycles. The van der Waals surface area contributed by atoms with E-state index in [2.05, 4.69) is 31.5 Å². The molecule has 0 spiro atoms. The van der Waals surface area contributed by atoms with Crippen LogP contribution >= 0.6 is 0 Å². The maximum Gasteiger partial charge on any atom is 0.404 e. The molecule has 0 bridgehead atoms. The van der Waals surface area contributed by atoms with Crippen molar-refractivity contribution in [1.82, 2.24) is 19.9 Å². The van der Waals surface area contributed by atoms with Gasteiger partial charge >= 0.3 is 6.09 Å². The molecular weight excluding hydrogens is 414 g/mol. The van der Waals surface area contributed by atoms with Crippen LogP contribution in [0, 0.1) is 11.3 Å². The van der Waals surface area contributed by atoms with Gasteiger partial charge in [-0.1, -0.05) is 5.11 Å². The molecule has 1 fully saturated rings. The van der Waals surface area contributed by atoms with Crippen LogP contribution in [0.1, 0.15) is 12.5 Å². The summed E-state index contributed by atoms with van der Waals surface area (Å²) >= 11 is 0. The fourth-order valence-corrected chi connectivity index (χ4v) is 3.83. The van der Waals surface area contributed by atoms with Crippen LogP contribution in [0.3, 0.4) is 0 Å². The van der Waals surface area contributed by atoms with Crippen molar-refractivity contribution in [2.45, 2.75) is 19.0 Å². The Balaban J connectivity index is 1.67. The first kappa shape index (κ1) is 20.8. The van der Waals surface area contributed by atoms with Crippen molar-refractivity contribution < 1.29 is 14.6 Å². The van der Waals surface area contributed by atoms with Gasteiger partial charge in [-0.25, -0.2) is 14.3 Å². The van der Waals surface area contributed by atoms with Crippen molar-refractivity contribution in [3.8, 4) is 22.9 Å². The van der Waals surface area contributed by atoms with E-state index in [9.17, 15) is 10.1 Å². The summed E-state index contributed by atoms with van der Waals surface area (Å²) in [4.78, 5) is 20.2. The molecule has 1 aliphatic heterocycles. The highest BCUT2D eigenvalue weighted by atomic mass is 16.5. The predicted molar refractivity (Wildman–Crippen MR) is 114 cm³/mol. The number of nitrogens with one attached hydrogen (secondary N) is 1. The first-order valence-electron chi connectivity index (χ1n) is 9.83. The number of rotatable bonds is 6. The SMILES string of the molecule is CCOc1cc(-c2ccc(N3C[C@H](N=[N+]=[N-])[C@@H](NC(=O)O)C3)nc2)c2c(C#N)cnn2c1. The number of fused-ring (bicyclic) bond motifs is 1. The van der Waals surface area contributed by atoms with Crippen LogP contribution in [-0.4, -0.2) is 57.6 Å². The number of nitriles is 1. The van der Waals surface area contributed by atoms with E-state index in [0.29, 0.717) is 42.3 Å². The molecule has 0 aromatic carbocycles. The van der Waals surface area contributed by atoms with Gasteiger partial charge in [-0.05, 0) is 30.7 Å². The van der Waals surface area contributed by atoms with Crippen LogP contribution in [0.15, 0.2) is 41.9 Å². The van der Waals surface area contributed by atoms with Crippen molar-refractivity contribution >= 4 is 17.4 Å². The Morgan fingerprint density at radius 1 is 1.47 bits per heavy atom. The third kappa shape index (κ3) is 3.92. The summed E-state index contributed by atoms with van der Waals surface area (Å²) < 4.78 is 7.25. The van der Waals surface area contributed by atoms with Crippen molar-refractivity contribution in [3.63, 3.8) is 0 Å². The average molecular weight is 433 g/mol. The van der Waals surface area contributed by atoms with E-state index in [0.717, 1.165) is 11.1 Å². The van der Waals surface area contributed by atoms with Crippen LogP contribution < -0.4 is 15.0 Å². The number of hydrogen-bond acceptors (Lipinski definition) is 7. The molecule has 0 radical (unpaired) electrons. The van der Waals surface area contributed by atoms with E-state index in [1.165, 1.54) is 6.20 Å². The predicted octanol–water partition coefficient (Wildman–Crippen LogP) is 2.80. The molecule has 162 valence electrons. The van der Waals surface area contributed by atoms with E-state index in [1.54, 1.807) is 23.0 Å². The summed E-state index contributed by atoms with van der Waals surface area (Å²) in [6.07, 6.45) is 3.73. The molecule has 4 rings (SSSR count). The van der Waals surface area contributed by atoms with Gasteiger partial charge in [0.2, 0.25) is 0 Å². The van der Waals surface area contributed by atoms with Crippen molar-refractivity contribution in [2.24, 2.45) is 5.11 Å². The van der Waals surface area contributed by atoms with Gasteiger partial charge in [0.1, 0.15) is 17.6 Å². The normalized spacial score (nSPS) is 17.6. The highest BCUT2D eigenvalue weighted by molar-refractivity contribution is 5.85. The Bertz CT molecular complexity index is 1240. The fourth-order valence-electron chi connectivity index (χ4n) is 3.83. The van der Waals surface area contributed by atoms with E-state index in [-0.39, 0.29) is 0 Å². The van der Waals surface area contributed by atoms with Crippen LogP contribution in [0.4, 0.5) is 10.6 Å². The number of anilines is 1. The topological polar surface area (TPSA) is 165 Å².